The number of benzene rings is 1. The summed E-state index contributed by atoms with van der Waals surface area (Å²) in [7, 11) is 0. The zero-order valence-corrected chi connectivity index (χ0v) is 11.5. The van der Waals surface area contributed by atoms with E-state index in [2.05, 4.69) is 21.2 Å². The Bertz CT molecular complexity index is 425. The normalized spacial score (nSPS) is 9.75. The van der Waals surface area contributed by atoms with Crippen molar-refractivity contribution in [1.29, 1.82) is 0 Å². The van der Waals surface area contributed by atoms with Crippen molar-refractivity contribution >= 4 is 33.4 Å². The van der Waals surface area contributed by atoms with Crippen LogP contribution in [-0.4, -0.2) is 12.5 Å². The molecule has 0 aromatic heterocycles. The highest BCUT2D eigenvalue weighted by Crippen LogP contribution is 2.23. The number of halogens is 2. The molecule has 0 aliphatic heterocycles. The first-order valence-corrected chi connectivity index (χ1v) is 6.04. The van der Waals surface area contributed by atoms with Crippen LogP contribution in [0.3, 0.4) is 0 Å². The number of hydrogen-bond acceptors (Lipinski definition) is 1. The molecule has 1 aromatic rings. The Kier molecular flexibility index (Phi) is 5.03. The molecule has 0 heterocycles. The maximum absolute atomic E-state index is 11.7. The predicted molar refractivity (Wildman–Crippen MR) is 70.9 cm³/mol. The van der Waals surface area contributed by atoms with E-state index in [1.807, 2.05) is 19.9 Å². The number of carbonyl (C=O) groups is 1. The van der Waals surface area contributed by atoms with Gasteiger partial charge in [-0.25, -0.2) is 0 Å². The fourth-order valence-electron chi connectivity index (χ4n) is 1.09. The van der Waals surface area contributed by atoms with E-state index in [9.17, 15) is 4.79 Å². The van der Waals surface area contributed by atoms with E-state index in [0.717, 1.165) is 4.47 Å². The first-order chi connectivity index (χ1) is 7.50. The number of rotatable bonds is 3. The lowest BCUT2D eigenvalue weighted by Gasteiger charge is -2.04. The van der Waals surface area contributed by atoms with E-state index in [0.29, 0.717) is 17.1 Å². The van der Waals surface area contributed by atoms with Crippen LogP contribution >= 0.6 is 27.5 Å². The maximum Gasteiger partial charge on any atom is 0.251 e. The van der Waals surface area contributed by atoms with Crippen LogP contribution in [0.4, 0.5) is 0 Å². The topological polar surface area (TPSA) is 29.1 Å². The highest BCUT2D eigenvalue weighted by Gasteiger charge is 2.06. The Morgan fingerprint density at radius 3 is 2.75 bits per heavy atom. The predicted octanol–water partition coefficient (Wildman–Crippen LogP) is 3.80. The maximum atomic E-state index is 11.7. The average molecular weight is 303 g/mol. The van der Waals surface area contributed by atoms with E-state index in [4.69, 9.17) is 11.6 Å². The standard InChI is InChI=1S/C12H13BrClNO/c1-8(2)5-6-15-12(16)9-3-4-11(14)10(13)7-9/h3-5,7H,6H2,1-2H3,(H,15,16). The van der Waals surface area contributed by atoms with Crippen molar-refractivity contribution in [3.8, 4) is 0 Å². The van der Waals surface area contributed by atoms with E-state index in [-0.39, 0.29) is 5.91 Å². The number of carbonyl (C=O) groups excluding carboxylic acids is 1. The number of nitrogens with one attached hydrogen (secondary N) is 1. The van der Waals surface area contributed by atoms with Crippen LogP contribution < -0.4 is 5.32 Å². The summed E-state index contributed by atoms with van der Waals surface area (Å²) in [5.74, 6) is -0.102. The molecule has 1 amide bonds. The minimum Gasteiger partial charge on any atom is -0.349 e. The summed E-state index contributed by atoms with van der Waals surface area (Å²) in [5.41, 5.74) is 1.77. The molecule has 16 heavy (non-hydrogen) atoms. The van der Waals surface area contributed by atoms with Gasteiger partial charge in [0.05, 0.1) is 5.02 Å². The Balaban J connectivity index is 2.66. The van der Waals surface area contributed by atoms with Gasteiger partial charge in [0.1, 0.15) is 0 Å². The molecule has 0 saturated carbocycles. The molecule has 0 unspecified atom stereocenters. The first-order valence-electron chi connectivity index (χ1n) is 4.87. The van der Waals surface area contributed by atoms with E-state index >= 15 is 0 Å². The highest BCUT2D eigenvalue weighted by molar-refractivity contribution is 9.10. The fourth-order valence-corrected chi connectivity index (χ4v) is 1.58. The summed E-state index contributed by atoms with van der Waals surface area (Å²) in [5, 5.41) is 3.40. The average Bonchev–Trinajstić information content (AvgIpc) is 2.21. The smallest absolute Gasteiger partial charge is 0.251 e. The van der Waals surface area contributed by atoms with E-state index in [1.165, 1.54) is 5.57 Å². The monoisotopic (exact) mass is 301 g/mol. The van der Waals surface area contributed by atoms with Gasteiger partial charge in [0.15, 0.2) is 0 Å². The third kappa shape index (κ3) is 3.99. The summed E-state index contributed by atoms with van der Waals surface area (Å²) in [6.45, 7) is 4.53. The Hall–Kier alpha value is -0.800. The molecule has 0 saturated heterocycles. The second-order valence-corrected chi connectivity index (χ2v) is 4.88. The second kappa shape index (κ2) is 6.06. The van der Waals surface area contributed by atoms with Gasteiger partial charge in [0, 0.05) is 16.6 Å². The quantitative estimate of drug-likeness (QED) is 0.846. The van der Waals surface area contributed by atoms with Crippen LogP contribution in [0.5, 0.6) is 0 Å². The SMILES string of the molecule is CC(C)=CCNC(=O)c1ccc(Cl)c(Br)c1. The van der Waals surface area contributed by atoms with Crippen molar-refractivity contribution in [1.82, 2.24) is 5.32 Å². The molecule has 1 N–H and O–H groups in total. The molecule has 1 rings (SSSR count). The van der Waals surface area contributed by atoms with Gasteiger partial charge in [0.25, 0.3) is 5.91 Å². The Morgan fingerprint density at radius 1 is 1.50 bits per heavy atom. The third-order valence-corrected chi connectivity index (χ3v) is 3.17. The lowest BCUT2D eigenvalue weighted by molar-refractivity contribution is 0.0958. The molecule has 0 aliphatic rings. The zero-order chi connectivity index (χ0) is 12.1. The molecule has 0 aliphatic carbocycles. The van der Waals surface area contributed by atoms with Crippen LogP contribution in [0.1, 0.15) is 24.2 Å². The molecule has 0 radical (unpaired) electrons. The molecule has 0 atom stereocenters. The molecular weight excluding hydrogens is 289 g/mol. The van der Waals surface area contributed by atoms with Crippen molar-refractivity contribution in [2.75, 3.05) is 6.54 Å². The van der Waals surface area contributed by atoms with Crippen LogP contribution in [0.25, 0.3) is 0 Å². The van der Waals surface area contributed by atoms with Gasteiger partial charge in [-0.3, -0.25) is 4.79 Å². The first kappa shape index (κ1) is 13.3. The lowest BCUT2D eigenvalue weighted by Crippen LogP contribution is -2.23. The van der Waals surface area contributed by atoms with Crippen molar-refractivity contribution < 1.29 is 4.79 Å². The number of amides is 1. The summed E-state index contributed by atoms with van der Waals surface area (Å²) in [6, 6.07) is 5.10. The minimum absolute atomic E-state index is 0.102. The molecular formula is C12H13BrClNO. The fraction of sp³-hybridized carbons (Fsp3) is 0.250. The third-order valence-electron chi connectivity index (χ3n) is 1.95. The molecule has 86 valence electrons. The van der Waals surface area contributed by atoms with Crippen LogP contribution in [0.15, 0.2) is 34.3 Å². The summed E-state index contributed by atoms with van der Waals surface area (Å²) >= 11 is 9.13. The van der Waals surface area contributed by atoms with Gasteiger partial charge in [-0.15, -0.1) is 0 Å². The largest absolute Gasteiger partial charge is 0.349 e. The van der Waals surface area contributed by atoms with Gasteiger partial charge in [-0.05, 0) is 48.0 Å². The second-order valence-electron chi connectivity index (χ2n) is 3.62. The van der Waals surface area contributed by atoms with Crippen molar-refractivity contribution in [2.45, 2.75) is 13.8 Å². The summed E-state index contributed by atoms with van der Waals surface area (Å²) in [4.78, 5) is 11.7. The summed E-state index contributed by atoms with van der Waals surface area (Å²) < 4.78 is 0.726. The highest BCUT2D eigenvalue weighted by atomic mass is 79.9. The molecule has 1 aromatic carbocycles. The van der Waals surface area contributed by atoms with Crippen molar-refractivity contribution in [2.24, 2.45) is 0 Å². The van der Waals surface area contributed by atoms with Gasteiger partial charge < -0.3 is 5.32 Å². The Labute approximate surface area is 109 Å². The van der Waals surface area contributed by atoms with Crippen molar-refractivity contribution in [3.63, 3.8) is 0 Å². The number of hydrogen-bond donors (Lipinski definition) is 1. The zero-order valence-electron chi connectivity index (χ0n) is 9.18. The van der Waals surface area contributed by atoms with Gasteiger partial charge in [-0.1, -0.05) is 23.3 Å². The summed E-state index contributed by atoms with van der Waals surface area (Å²) in [6.07, 6.45) is 1.96. The van der Waals surface area contributed by atoms with Crippen LogP contribution in [0.2, 0.25) is 5.02 Å². The van der Waals surface area contributed by atoms with E-state index < -0.39 is 0 Å². The molecule has 0 spiro atoms. The van der Waals surface area contributed by atoms with Crippen LogP contribution in [0, 0.1) is 0 Å². The van der Waals surface area contributed by atoms with Gasteiger partial charge in [0.2, 0.25) is 0 Å². The number of allylic oxidation sites excluding steroid dienone is 1. The van der Waals surface area contributed by atoms with Crippen LogP contribution in [-0.2, 0) is 0 Å². The molecule has 0 bridgehead atoms. The molecule has 2 nitrogen and oxygen atoms in total. The lowest BCUT2D eigenvalue weighted by atomic mass is 10.2. The van der Waals surface area contributed by atoms with Crippen molar-refractivity contribution in [3.05, 3.63) is 44.9 Å². The van der Waals surface area contributed by atoms with Gasteiger partial charge >= 0.3 is 0 Å². The Morgan fingerprint density at radius 2 is 2.19 bits per heavy atom. The molecule has 4 heteroatoms. The van der Waals surface area contributed by atoms with E-state index in [1.54, 1.807) is 18.2 Å². The van der Waals surface area contributed by atoms with Gasteiger partial charge in [-0.2, -0.15) is 0 Å². The minimum atomic E-state index is -0.102. The molecule has 0 fully saturated rings.